The number of hydrogen-bond donors (Lipinski definition) is 1. The Morgan fingerprint density at radius 3 is 2.50 bits per heavy atom. The molecule has 1 N–H and O–H groups in total. The van der Waals surface area contributed by atoms with Crippen molar-refractivity contribution in [3.8, 4) is 11.5 Å². The van der Waals surface area contributed by atoms with E-state index < -0.39 is 11.8 Å². The van der Waals surface area contributed by atoms with Gasteiger partial charge < -0.3 is 9.47 Å². The van der Waals surface area contributed by atoms with E-state index in [0.29, 0.717) is 17.1 Å². The van der Waals surface area contributed by atoms with Crippen LogP contribution in [0, 0.1) is 0 Å². The van der Waals surface area contributed by atoms with Crippen LogP contribution in [0.5, 0.6) is 11.5 Å². The van der Waals surface area contributed by atoms with Crippen molar-refractivity contribution in [1.82, 2.24) is 10.2 Å². The number of thiocarbonyl (C=S) groups is 1. The third-order valence-corrected chi connectivity index (χ3v) is 4.18. The molecule has 1 aliphatic heterocycles. The number of amides is 2. The third-order valence-electron chi connectivity index (χ3n) is 3.88. The maximum atomic E-state index is 12.7. The van der Waals surface area contributed by atoms with E-state index in [4.69, 9.17) is 21.7 Å². The number of benzene rings is 1. The molecule has 24 heavy (non-hydrogen) atoms. The average Bonchev–Trinajstić information content (AvgIpc) is 2.57. The van der Waals surface area contributed by atoms with E-state index in [-0.39, 0.29) is 16.7 Å². The van der Waals surface area contributed by atoms with Crippen molar-refractivity contribution in [1.29, 1.82) is 0 Å². The molecule has 2 amide bonds. The standard InChI is InChI=1S/C17H20N2O4S/c1-5-10(2)19-16(21)12(15(20)18-17(19)24)8-11-6-7-13(22-3)14(9-11)23-4/h6-10H,5H2,1-4H3,(H,18,20,24)/b12-8+/t10-/m1/s1. The number of carbonyl (C=O) groups is 2. The molecule has 1 saturated heterocycles. The lowest BCUT2D eigenvalue weighted by atomic mass is 10.1. The van der Waals surface area contributed by atoms with Crippen LogP contribution in [0.1, 0.15) is 25.8 Å². The first-order valence-corrected chi connectivity index (χ1v) is 7.96. The molecule has 1 aromatic carbocycles. The Kier molecular flexibility index (Phi) is 5.56. The zero-order chi connectivity index (χ0) is 17.9. The van der Waals surface area contributed by atoms with E-state index in [2.05, 4.69) is 5.32 Å². The second-order valence-corrected chi connectivity index (χ2v) is 5.75. The summed E-state index contributed by atoms with van der Waals surface area (Å²) >= 11 is 5.12. The van der Waals surface area contributed by atoms with E-state index in [1.165, 1.54) is 18.1 Å². The predicted octanol–water partition coefficient (Wildman–Crippen LogP) is 2.13. The van der Waals surface area contributed by atoms with Gasteiger partial charge in [-0.2, -0.15) is 0 Å². The summed E-state index contributed by atoms with van der Waals surface area (Å²) in [5, 5.41) is 2.71. The van der Waals surface area contributed by atoms with Gasteiger partial charge in [0.05, 0.1) is 14.2 Å². The van der Waals surface area contributed by atoms with Gasteiger partial charge in [-0.25, -0.2) is 0 Å². The summed E-state index contributed by atoms with van der Waals surface area (Å²) in [5.74, 6) is 0.193. The first kappa shape index (κ1) is 17.9. The van der Waals surface area contributed by atoms with Gasteiger partial charge in [-0.3, -0.25) is 19.8 Å². The number of nitrogens with one attached hydrogen (secondary N) is 1. The Morgan fingerprint density at radius 1 is 1.25 bits per heavy atom. The molecule has 1 atom stereocenters. The molecule has 128 valence electrons. The smallest absolute Gasteiger partial charge is 0.265 e. The van der Waals surface area contributed by atoms with E-state index in [0.717, 1.165) is 6.42 Å². The SMILES string of the molecule is CC[C@@H](C)N1C(=O)/C(=C/c2ccc(OC)c(OC)c2)C(=O)NC1=S. The van der Waals surface area contributed by atoms with Crippen molar-refractivity contribution >= 4 is 35.2 Å². The van der Waals surface area contributed by atoms with Crippen LogP contribution in [0.15, 0.2) is 23.8 Å². The summed E-state index contributed by atoms with van der Waals surface area (Å²) in [6.45, 7) is 3.84. The van der Waals surface area contributed by atoms with Crippen LogP contribution in [0.3, 0.4) is 0 Å². The molecule has 6 nitrogen and oxygen atoms in total. The van der Waals surface area contributed by atoms with Crippen molar-refractivity contribution in [3.05, 3.63) is 29.3 Å². The molecular formula is C17H20N2O4S. The van der Waals surface area contributed by atoms with Gasteiger partial charge >= 0.3 is 0 Å². The van der Waals surface area contributed by atoms with Crippen LogP contribution in [0.2, 0.25) is 0 Å². The van der Waals surface area contributed by atoms with E-state index in [9.17, 15) is 9.59 Å². The van der Waals surface area contributed by atoms with Gasteiger partial charge in [0.15, 0.2) is 16.6 Å². The monoisotopic (exact) mass is 348 g/mol. The fourth-order valence-electron chi connectivity index (χ4n) is 2.36. The van der Waals surface area contributed by atoms with Crippen LogP contribution in [0.4, 0.5) is 0 Å². The van der Waals surface area contributed by atoms with Crippen LogP contribution in [-0.4, -0.2) is 42.1 Å². The highest BCUT2D eigenvalue weighted by molar-refractivity contribution is 7.80. The topological polar surface area (TPSA) is 67.9 Å². The third kappa shape index (κ3) is 3.41. The van der Waals surface area contributed by atoms with Crippen molar-refractivity contribution in [2.75, 3.05) is 14.2 Å². The van der Waals surface area contributed by atoms with Crippen LogP contribution >= 0.6 is 12.2 Å². The fourth-order valence-corrected chi connectivity index (χ4v) is 2.72. The second-order valence-electron chi connectivity index (χ2n) is 5.36. The van der Waals surface area contributed by atoms with Crippen molar-refractivity contribution in [3.63, 3.8) is 0 Å². The van der Waals surface area contributed by atoms with Crippen LogP contribution in [-0.2, 0) is 9.59 Å². The van der Waals surface area contributed by atoms with Gasteiger partial charge in [-0.05, 0) is 49.3 Å². The molecule has 0 unspecified atom stereocenters. The van der Waals surface area contributed by atoms with Gasteiger partial charge in [0.2, 0.25) is 0 Å². The lowest BCUT2D eigenvalue weighted by Gasteiger charge is -2.33. The van der Waals surface area contributed by atoms with Crippen LogP contribution < -0.4 is 14.8 Å². The number of ether oxygens (including phenoxy) is 2. The largest absolute Gasteiger partial charge is 0.493 e. The van der Waals surface area contributed by atoms with Gasteiger partial charge in [-0.15, -0.1) is 0 Å². The number of methoxy groups -OCH3 is 2. The minimum atomic E-state index is -0.501. The summed E-state index contributed by atoms with van der Waals surface area (Å²) in [7, 11) is 3.06. The molecule has 2 rings (SSSR count). The van der Waals surface area contributed by atoms with Gasteiger partial charge in [-0.1, -0.05) is 13.0 Å². The molecule has 1 heterocycles. The van der Waals surface area contributed by atoms with Crippen molar-refractivity contribution in [2.45, 2.75) is 26.3 Å². The number of hydrogen-bond acceptors (Lipinski definition) is 5. The number of nitrogens with zero attached hydrogens (tertiary/aromatic N) is 1. The van der Waals surface area contributed by atoms with Crippen LogP contribution in [0.25, 0.3) is 6.08 Å². The highest BCUT2D eigenvalue weighted by atomic mass is 32.1. The lowest BCUT2D eigenvalue weighted by molar-refractivity contribution is -0.130. The highest BCUT2D eigenvalue weighted by Crippen LogP contribution is 2.29. The molecule has 0 saturated carbocycles. The molecule has 0 bridgehead atoms. The predicted molar refractivity (Wildman–Crippen MR) is 94.9 cm³/mol. The van der Waals surface area contributed by atoms with E-state index in [1.807, 2.05) is 13.8 Å². The summed E-state index contributed by atoms with van der Waals surface area (Å²) in [4.78, 5) is 26.3. The van der Waals surface area contributed by atoms with E-state index >= 15 is 0 Å². The zero-order valence-corrected chi connectivity index (χ0v) is 14.9. The molecule has 0 radical (unpaired) electrons. The maximum Gasteiger partial charge on any atom is 0.265 e. The molecule has 1 fully saturated rings. The second kappa shape index (κ2) is 7.44. The fraction of sp³-hybridized carbons (Fsp3) is 0.353. The summed E-state index contributed by atoms with van der Waals surface area (Å²) in [6.07, 6.45) is 2.25. The molecule has 7 heteroatoms. The molecule has 1 aliphatic rings. The Bertz CT molecular complexity index is 715. The van der Waals surface area contributed by atoms with Crippen molar-refractivity contribution < 1.29 is 19.1 Å². The minimum Gasteiger partial charge on any atom is -0.493 e. The molecule has 0 aromatic heterocycles. The minimum absolute atomic E-state index is 0.0381. The normalized spacial score (nSPS) is 17.8. The zero-order valence-electron chi connectivity index (χ0n) is 14.1. The first-order chi connectivity index (χ1) is 11.4. The summed E-state index contributed by atoms with van der Waals surface area (Å²) in [5.41, 5.74) is 0.694. The molecule has 1 aromatic rings. The summed E-state index contributed by atoms with van der Waals surface area (Å²) < 4.78 is 10.4. The van der Waals surface area contributed by atoms with Gasteiger partial charge in [0.25, 0.3) is 11.8 Å². The average molecular weight is 348 g/mol. The lowest BCUT2D eigenvalue weighted by Crippen LogP contribution is -2.56. The van der Waals surface area contributed by atoms with Gasteiger partial charge in [0, 0.05) is 6.04 Å². The Morgan fingerprint density at radius 2 is 1.92 bits per heavy atom. The Labute approximate surface area is 146 Å². The Hall–Kier alpha value is -2.41. The highest BCUT2D eigenvalue weighted by Gasteiger charge is 2.35. The van der Waals surface area contributed by atoms with Crippen molar-refractivity contribution in [2.24, 2.45) is 0 Å². The number of carbonyl (C=O) groups excluding carboxylic acids is 2. The molecule has 0 spiro atoms. The summed E-state index contributed by atoms with van der Waals surface area (Å²) in [6, 6.07) is 5.06. The van der Waals surface area contributed by atoms with E-state index in [1.54, 1.807) is 25.3 Å². The molecule has 0 aliphatic carbocycles. The number of rotatable bonds is 5. The first-order valence-electron chi connectivity index (χ1n) is 7.55. The quantitative estimate of drug-likeness (QED) is 0.502. The molecular weight excluding hydrogens is 328 g/mol. The van der Waals surface area contributed by atoms with Gasteiger partial charge in [0.1, 0.15) is 5.57 Å². The maximum absolute atomic E-state index is 12.7. The Balaban J connectivity index is 2.42.